The SMILES string of the molecule is CC(=N)/C(C(C)=O)=C(/O)COC(=O)C1CCN(c2ccc3nnc(C(F)(F)F)n3n2)CC1. The molecule has 2 aromatic rings. The number of carbonyl (C=O) groups excluding carboxylic acids is 2. The van der Waals surface area contributed by atoms with Crippen LogP contribution in [-0.4, -0.2) is 62.1 Å². The molecule has 0 radical (unpaired) electrons. The van der Waals surface area contributed by atoms with Crippen molar-refractivity contribution in [1.82, 2.24) is 19.8 Å². The van der Waals surface area contributed by atoms with E-state index in [1.807, 2.05) is 0 Å². The number of nitrogens with zero attached hydrogens (tertiary/aromatic N) is 5. The van der Waals surface area contributed by atoms with Crippen LogP contribution < -0.4 is 4.90 Å². The lowest BCUT2D eigenvalue weighted by molar-refractivity contribution is -0.149. The molecule has 2 aromatic heterocycles. The van der Waals surface area contributed by atoms with Gasteiger partial charge in [0.25, 0.3) is 5.82 Å². The number of anilines is 1. The first-order valence-electron chi connectivity index (χ1n) is 9.69. The monoisotopic (exact) mass is 454 g/mol. The molecule has 10 nitrogen and oxygen atoms in total. The smallest absolute Gasteiger partial charge is 0.453 e. The van der Waals surface area contributed by atoms with Gasteiger partial charge in [-0.1, -0.05) is 0 Å². The molecule has 32 heavy (non-hydrogen) atoms. The predicted molar refractivity (Wildman–Crippen MR) is 105 cm³/mol. The molecule has 1 aliphatic rings. The van der Waals surface area contributed by atoms with Crippen molar-refractivity contribution >= 4 is 28.9 Å². The van der Waals surface area contributed by atoms with Crippen LogP contribution in [0, 0.1) is 11.3 Å². The molecular weight excluding hydrogens is 433 g/mol. The summed E-state index contributed by atoms with van der Waals surface area (Å²) in [5.74, 6) is -2.96. The lowest BCUT2D eigenvalue weighted by Crippen LogP contribution is -2.37. The first-order chi connectivity index (χ1) is 15.0. The number of allylic oxidation sites excluding steroid dienone is 1. The van der Waals surface area contributed by atoms with Crippen molar-refractivity contribution in [1.29, 1.82) is 5.41 Å². The van der Waals surface area contributed by atoms with Crippen molar-refractivity contribution in [2.45, 2.75) is 32.9 Å². The summed E-state index contributed by atoms with van der Waals surface area (Å²) in [6, 6.07) is 2.92. The van der Waals surface area contributed by atoms with Crippen molar-refractivity contribution in [2.75, 3.05) is 24.6 Å². The third-order valence-electron chi connectivity index (χ3n) is 5.02. The second-order valence-corrected chi connectivity index (χ2v) is 7.35. The molecule has 0 amide bonds. The third-order valence-corrected chi connectivity index (χ3v) is 5.02. The van der Waals surface area contributed by atoms with Crippen LogP contribution in [-0.2, 0) is 20.5 Å². The van der Waals surface area contributed by atoms with Crippen molar-refractivity contribution in [3.63, 3.8) is 0 Å². The number of hydrogen-bond donors (Lipinski definition) is 2. The number of aliphatic hydroxyl groups excluding tert-OH is 1. The van der Waals surface area contributed by atoms with E-state index in [0.29, 0.717) is 36.3 Å². The number of fused-ring (bicyclic) bond motifs is 1. The molecule has 0 aromatic carbocycles. The Morgan fingerprint density at radius 3 is 2.44 bits per heavy atom. The van der Waals surface area contributed by atoms with E-state index >= 15 is 0 Å². The summed E-state index contributed by atoms with van der Waals surface area (Å²) in [7, 11) is 0. The van der Waals surface area contributed by atoms with E-state index in [0.717, 1.165) is 0 Å². The van der Waals surface area contributed by atoms with Crippen molar-refractivity contribution < 1.29 is 32.6 Å². The quantitative estimate of drug-likeness (QED) is 0.294. The van der Waals surface area contributed by atoms with E-state index in [2.05, 4.69) is 15.3 Å². The number of esters is 1. The number of aromatic nitrogens is 4. The first kappa shape index (κ1) is 23.2. The van der Waals surface area contributed by atoms with Gasteiger partial charge in [0, 0.05) is 18.8 Å². The van der Waals surface area contributed by atoms with Gasteiger partial charge in [0.1, 0.15) is 18.2 Å². The minimum Gasteiger partial charge on any atom is -0.508 e. The van der Waals surface area contributed by atoms with Crippen LogP contribution in [0.15, 0.2) is 23.5 Å². The van der Waals surface area contributed by atoms with Gasteiger partial charge in [-0.3, -0.25) is 9.59 Å². The van der Waals surface area contributed by atoms with Gasteiger partial charge in [-0.2, -0.15) is 17.7 Å². The molecule has 0 unspecified atom stereocenters. The minimum absolute atomic E-state index is 0.0301. The summed E-state index contributed by atoms with van der Waals surface area (Å²) in [4.78, 5) is 25.6. The summed E-state index contributed by atoms with van der Waals surface area (Å²) in [6.07, 6.45) is -3.97. The molecule has 0 spiro atoms. The number of ketones is 1. The molecule has 0 bridgehead atoms. The molecule has 0 aliphatic carbocycles. The number of nitrogens with one attached hydrogen (secondary N) is 1. The standard InChI is InChI=1S/C19H21F3N6O4/c1-10(23)16(11(2)29)13(30)9-32-17(31)12-5-7-27(8-6-12)15-4-3-14-24-25-18(19(20,21)22)28(14)26-15/h3-4,12,23,30H,5-9H2,1-2H3/b16-13-,23-10?. The second kappa shape index (κ2) is 8.93. The summed E-state index contributed by atoms with van der Waals surface area (Å²) in [6.45, 7) is 2.72. The van der Waals surface area contributed by atoms with Crippen molar-refractivity contribution in [2.24, 2.45) is 5.92 Å². The lowest BCUT2D eigenvalue weighted by Gasteiger charge is -2.31. The summed E-state index contributed by atoms with van der Waals surface area (Å²) >= 11 is 0. The van der Waals surface area contributed by atoms with E-state index in [1.165, 1.54) is 26.0 Å². The zero-order valence-electron chi connectivity index (χ0n) is 17.3. The van der Waals surface area contributed by atoms with Gasteiger partial charge in [0.15, 0.2) is 11.4 Å². The van der Waals surface area contributed by atoms with Crippen LogP contribution in [0.3, 0.4) is 0 Å². The number of halogens is 3. The lowest BCUT2D eigenvalue weighted by atomic mass is 9.97. The van der Waals surface area contributed by atoms with Gasteiger partial charge in [0.2, 0.25) is 0 Å². The van der Waals surface area contributed by atoms with Gasteiger partial charge >= 0.3 is 12.1 Å². The van der Waals surface area contributed by atoms with Crippen LogP contribution in [0.25, 0.3) is 5.65 Å². The van der Waals surface area contributed by atoms with Crippen LogP contribution in [0.4, 0.5) is 19.0 Å². The Kier molecular flexibility index (Phi) is 6.46. The maximum Gasteiger partial charge on any atom is 0.453 e. The Morgan fingerprint density at radius 2 is 1.88 bits per heavy atom. The second-order valence-electron chi connectivity index (χ2n) is 7.35. The van der Waals surface area contributed by atoms with Gasteiger partial charge in [-0.05, 0) is 38.8 Å². The van der Waals surface area contributed by atoms with Crippen LogP contribution in [0.5, 0.6) is 0 Å². The molecule has 1 aliphatic heterocycles. The predicted octanol–water partition coefficient (Wildman–Crippen LogP) is 2.34. The number of alkyl halides is 3. The Hall–Kier alpha value is -3.51. The molecular formula is C19H21F3N6O4. The molecule has 172 valence electrons. The number of aliphatic hydroxyl groups is 1. The Balaban J connectivity index is 1.63. The maximum absolute atomic E-state index is 13.1. The van der Waals surface area contributed by atoms with Crippen LogP contribution in [0.2, 0.25) is 0 Å². The number of Topliss-reactive ketones (excluding diaryl/α,β-unsaturated/α-hetero) is 1. The summed E-state index contributed by atoms with van der Waals surface area (Å²) in [5.41, 5.74) is -0.357. The average Bonchev–Trinajstić information content (AvgIpc) is 3.15. The summed E-state index contributed by atoms with van der Waals surface area (Å²) < 4.78 is 44.9. The van der Waals surface area contributed by atoms with E-state index in [9.17, 15) is 27.9 Å². The fourth-order valence-corrected chi connectivity index (χ4v) is 3.48. The first-order valence-corrected chi connectivity index (χ1v) is 9.69. The molecule has 1 fully saturated rings. The number of rotatable bonds is 6. The molecule has 13 heteroatoms. The highest BCUT2D eigenvalue weighted by Crippen LogP contribution is 2.29. The fraction of sp³-hybridized carbons (Fsp3) is 0.474. The van der Waals surface area contributed by atoms with Crippen molar-refractivity contribution in [3.8, 4) is 0 Å². The largest absolute Gasteiger partial charge is 0.508 e. The van der Waals surface area contributed by atoms with Crippen LogP contribution in [0.1, 0.15) is 32.5 Å². The fourth-order valence-electron chi connectivity index (χ4n) is 3.48. The molecule has 3 heterocycles. The highest BCUT2D eigenvalue weighted by Gasteiger charge is 2.38. The van der Waals surface area contributed by atoms with E-state index in [1.54, 1.807) is 4.90 Å². The molecule has 3 rings (SSSR count). The Labute approximate surface area is 180 Å². The number of hydrogen-bond acceptors (Lipinski definition) is 9. The normalized spacial score (nSPS) is 16.1. The minimum atomic E-state index is -4.69. The van der Waals surface area contributed by atoms with Crippen molar-refractivity contribution in [3.05, 3.63) is 29.3 Å². The third kappa shape index (κ3) is 4.86. The average molecular weight is 454 g/mol. The molecule has 2 N–H and O–H groups in total. The van der Waals surface area contributed by atoms with Gasteiger partial charge in [-0.25, -0.2) is 0 Å². The zero-order chi connectivity index (χ0) is 23.6. The molecule has 0 saturated carbocycles. The van der Waals surface area contributed by atoms with Crippen LogP contribution >= 0.6 is 0 Å². The maximum atomic E-state index is 13.1. The molecule has 1 saturated heterocycles. The summed E-state index contributed by atoms with van der Waals surface area (Å²) in [5, 5.41) is 28.1. The van der Waals surface area contributed by atoms with Gasteiger partial charge in [-0.15, -0.1) is 15.3 Å². The number of ether oxygens (including phenoxy) is 1. The Bertz CT molecular complexity index is 1070. The zero-order valence-corrected chi connectivity index (χ0v) is 17.3. The van der Waals surface area contributed by atoms with E-state index in [-0.39, 0.29) is 16.9 Å². The topological polar surface area (TPSA) is 134 Å². The highest BCUT2D eigenvalue weighted by molar-refractivity contribution is 6.19. The number of carbonyl (C=O) groups is 2. The van der Waals surface area contributed by atoms with Gasteiger partial charge in [0.05, 0.1) is 11.5 Å². The number of piperidine rings is 1. The highest BCUT2D eigenvalue weighted by atomic mass is 19.4. The van der Waals surface area contributed by atoms with E-state index < -0.39 is 42.0 Å². The van der Waals surface area contributed by atoms with E-state index in [4.69, 9.17) is 10.1 Å². The Morgan fingerprint density at radius 1 is 1.22 bits per heavy atom. The molecule has 0 atom stereocenters. The van der Waals surface area contributed by atoms with Gasteiger partial charge < -0.3 is 20.2 Å².